The van der Waals surface area contributed by atoms with Crippen molar-refractivity contribution in [3.05, 3.63) is 42.0 Å². The Hall–Kier alpha value is -4.48. The molecule has 17 heteroatoms. The number of primary amides is 1. The molecule has 1 aliphatic heterocycles. The van der Waals surface area contributed by atoms with Gasteiger partial charge in [-0.15, -0.1) is 0 Å². The third-order valence-corrected chi connectivity index (χ3v) is 6.55. The predicted octanol–water partition coefficient (Wildman–Crippen LogP) is 0.224. The Kier molecular flexibility index (Phi) is 16.2. The lowest BCUT2D eigenvalue weighted by atomic mass is 10.0. The lowest BCUT2D eigenvalue weighted by Crippen LogP contribution is -2.55. The normalized spacial score (nSPS) is 13.7. The smallest absolute Gasteiger partial charge is 0.364 e. The van der Waals surface area contributed by atoms with Gasteiger partial charge in [-0.3, -0.25) is 28.9 Å². The summed E-state index contributed by atoms with van der Waals surface area (Å²) in [5, 5.41) is 9.72. The van der Waals surface area contributed by atoms with Crippen LogP contribution in [0.5, 0.6) is 0 Å². The van der Waals surface area contributed by atoms with Crippen molar-refractivity contribution in [3.63, 3.8) is 0 Å². The first-order valence-electron chi connectivity index (χ1n) is 14.4. The fraction of sp³-hybridized carbons (Fsp3) is 0.483. The van der Waals surface area contributed by atoms with Crippen molar-refractivity contribution in [3.8, 4) is 0 Å². The molecule has 0 saturated carbocycles. The van der Waals surface area contributed by atoms with E-state index in [1.165, 1.54) is 12.2 Å². The molecule has 0 radical (unpaired) electrons. The number of thiol groups is 1. The maximum absolute atomic E-state index is 13.2. The third kappa shape index (κ3) is 14.1. The van der Waals surface area contributed by atoms with Gasteiger partial charge in [-0.1, -0.05) is 38.6 Å². The van der Waals surface area contributed by atoms with E-state index < -0.39 is 53.0 Å². The maximum atomic E-state index is 13.2. The molecule has 0 bridgehead atoms. The number of rotatable bonds is 20. The number of hydrogen-bond donors (Lipinski definition) is 6. The molecule has 0 fully saturated rings. The van der Waals surface area contributed by atoms with Crippen LogP contribution in [0.4, 0.5) is 15.3 Å². The molecule has 0 saturated heterocycles. The van der Waals surface area contributed by atoms with Gasteiger partial charge in [-0.25, -0.2) is 9.59 Å². The van der Waals surface area contributed by atoms with E-state index in [0.29, 0.717) is 17.7 Å². The van der Waals surface area contributed by atoms with E-state index >= 15 is 0 Å². The Morgan fingerprint density at radius 2 is 1.57 bits per heavy atom. The Balaban J connectivity index is 1.87. The molecule has 7 amide bonds. The van der Waals surface area contributed by atoms with Gasteiger partial charge in [0.1, 0.15) is 25.3 Å². The summed E-state index contributed by atoms with van der Waals surface area (Å²) in [4.78, 5) is 85.0. The number of hydrogen-bond acceptors (Lipinski definition) is 10. The van der Waals surface area contributed by atoms with Crippen LogP contribution in [0.15, 0.2) is 36.4 Å². The molecule has 1 heterocycles. The van der Waals surface area contributed by atoms with Gasteiger partial charge in [-0.05, 0) is 36.5 Å². The van der Waals surface area contributed by atoms with Crippen molar-refractivity contribution in [1.82, 2.24) is 20.9 Å². The topological polar surface area (TPSA) is 225 Å². The molecule has 6 N–H and O–H groups in total. The Labute approximate surface area is 271 Å². The molecule has 252 valence electrons. The molecular weight excluding hydrogens is 624 g/mol. The zero-order chi connectivity index (χ0) is 34.1. The number of carbonyl (C=O) groups excluding carboxylic acids is 7. The Bertz CT molecular complexity index is 1260. The highest BCUT2D eigenvalue weighted by atomic mass is 32.1. The van der Waals surface area contributed by atoms with Crippen molar-refractivity contribution in [2.45, 2.75) is 45.4 Å². The molecule has 1 aromatic carbocycles. The summed E-state index contributed by atoms with van der Waals surface area (Å²) in [7, 11) is 0. The predicted molar refractivity (Wildman–Crippen MR) is 167 cm³/mol. The van der Waals surface area contributed by atoms with E-state index in [-0.39, 0.29) is 58.5 Å². The largest absolute Gasteiger partial charge is 0.453 e. The fourth-order valence-corrected chi connectivity index (χ4v) is 4.11. The standard InChI is InChI=1S/C29H40N6O10S/c1-18(2)25(34-22(36)17-44-15-14-43-13-12-35-23(37)9-10-24(35)38)27(40)33-21(4-3-11-31-28(30)41)26(39)32-20-7-5-19(6-8-20)16-45-29(42)46/h5-10,18,21,25H,3-4,11-17H2,1-2H3,(H,32,39)(H,33,40)(H,34,36)(H,42,46)(H3,30,31,41)/t21-,25-/m0/s1. The summed E-state index contributed by atoms with van der Waals surface area (Å²) >= 11 is 3.54. The monoisotopic (exact) mass is 664 g/mol. The summed E-state index contributed by atoms with van der Waals surface area (Å²) < 4.78 is 15.5. The average Bonchev–Trinajstić information content (AvgIpc) is 3.32. The van der Waals surface area contributed by atoms with Crippen molar-refractivity contribution >= 4 is 59.2 Å². The summed E-state index contributed by atoms with van der Waals surface area (Å²) in [5.74, 6) is -2.86. The van der Waals surface area contributed by atoms with Crippen LogP contribution in [0.2, 0.25) is 0 Å². The molecule has 2 rings (SSSR count). The first kappa shape index (κ1) is 37.7. The third-order valence-electron chi connectivity index (χ3n) is 6.42. The molecule has 1 aliphatic rings. The number of ether oxygens (including phenoxy) is 3. The molecule has 46 heavy (non-hydrogen) atoms. The number of urea groups is 1. The van der Waals surface area contributed by atoms with E-state index in [4.69, 9.17) is 19.9 Å². The second-order valence-corrected chi connectivity index (χ2v) is 10.7. The second-order valence-electron chi connectivity index (χ2n) is 10.4. The average molecular weight is 665 g/mol. The van der Waals surface area contributed by atoms with Crippen LogP contribution in [0.3, 0.4) is 0 Å². The Morgan fingerprint density at radius 3 is 2.17 bits per heavy atom. The number of nitrogens with zero attached hydrogens (tertiary/aromatic N) is 1. The van der Waals surface area contributed by atoms with Crippen molar-refractivity contribution in [2.75, 3.05) is 44.8 Å². The highest BCUT2D eigenvalue weighted by Crippen LogP contribution is 2.13. The molecule has 0 spiro atoms. The highest BCUT2D eigenvalue weighted by molar-refractivity contribution is 7.96. The minimum absolute atomic E-state index is 0.00648. The molecular formula is C29H40N6O10S. The first-order valence-corrected chi connectivity index (χ1v) is 14.9. The highest BCUT2D eigenvalue weighted by Gasteiger charge is 2.29. The summed E-state index contributed by atoms with van der Waals surface area (Å²) in [6.07, 6.45) is 2.82. The van der Waals surface area contributed by atoms with Crippen molar-refractivity contribution < 1.29 is 47.8 Å². The fourth-order valence-electron chi connectivity index (χ4n) is 4.05. The van der Waals surface area contributed by atoms with Crippen LogP contribution >= 0.6 is 12.6 Å². The van der Waals surface area contributed by atoms with Crippen LogP contribution in [0, 0.1) is 5.92 Å². The number of carbonyl (C=O) groups is 7. The quantitative estimate of drug-likeness (QED) is 0.0481. The zero-order valence-electron chi connectivity index (χ0n) is 25.6. The molecule has 16 nitrogen and oxygen atoms in total. The molecule has 0 aromatic heterocycles. The SMILES string of the molecule is CC(C)[C@H](NC(=O)COCCOCCN1C(=O)C=CC1=O)C(=O)N[C@@H](CCCNC(N)=O)C(=O)Nc1ccc(COC(=O)S)cc1. The van der Waals surface area contributed by atoms with Gasteiger partial charge in [0.05, 0.1) is 26.4 Å². The van der Waals surface area contributed by atoms with E-state index in [1.807, 2.05) is 0 Å². The van der Waals surface area contributed by atoms with Crippen molar-refractivity contribution in [1.29, 1.82) is 0 Å². The van der Waals surface area contributed by atoms with Gasteiger partial charge in [-0.2, -0.15) is 0 Å². The van der Waals surface area contributed by atoms with Gasteiger partial charge >= 0.3 is 11.3 Å². The van der Waals surface area contributed by atoms with Crippen LogP contribution in [0.25, 0.3) is 0 Å². The molecule has 0 aliphatic carbocycles. The summed E-state index contributed by atoms with van der Waals surface area (Å²) in [6.45, 7) is 3.63. The van der Waals surface area contributed by atoms with Crippen LogP contribution < -0.4 is 27.0 Å². The van der Waals surface area contributed by atoms with Crippen molar-refractivity contribution in [2.24, 2.45) is 11.7 Å². The zero-order valence-corrected chi connectivity index (χ0v) is 26.5. The second kappa shape index (κ2) is 19.8. The molecule has 1 aromatic rings. The van der Waals surface area contributed by atoms with E-state index in [1.54, 1.807) is 38.1 Å². The van der Waals surface area contributed by atoms with E-state index in [0.717, 1.165) is 4.90 Å². The number of anilines is 1. The lowest BCUT2D eigenvalue weighted by Gasteiger charge is -2.25. The number of benzene rings is 1. The van der Waals surface area contributed by atoms with Crippen LogP contribution in [-0.4, -0.2) is 97.4 Å². The van der Waals surface area contributed by atoms with Crippen LogP contribution in [0.1, 0.15) is 32.3 Å². The number of nitrogens with two attached hydrogens (primary N) is 1. The number of nitrogens with one attached hydrogen (secondary N) is 4. The first-order chi connectivity index (χ1) is 21.9. The number of imide groups is 1. The van der Waals surface area contributed by atoms with E-state index in [9.17, 15) is 33.6 Å². The van der Waals surface area contributed by atoms with Gasteiger partial charge in [0.25, 0.3) is 11.8 Å². The van der Waals surface area contributed by atoms with Gasteiger partial charge in [0.2, 0.25) is 17.7 Å². The molecule has 0 unspecified atom stereocenters. The summed E-state index contributed by atoms with van der Waals surface area (Å²) in [6, 6.07) is 3.74. The van der Waals surface area contributed by atoms with Gasteiger partial charge in [0.15, 0.2) is 0 Å². The van der Waals surface area contributed by atoms with E-state index in [2.05, 4.69) is 33.9 Å². The minimum Gasteiger partial charge on any atom is -0.453 e. The number of amides is 7. The van der Waals surface area contributed by atoms with Gasteiger partial charge in [0, 0.05) is 24.4 Å². The van der Waals surface area contributed by atoms with Crippen LogP contribution in [-0.2, 0) is 44.8 Å². The minimum atomic E-state index is -1.03. The Morgan fingerprint density at radius 1 is 0.913 bits per heavy atom. The summed E-state index contributed by atoms with van der Waals surface area (Å²) in [5.41, 5.74) is 6.19. The molecule has 2 atom stereocenters. The maximum Gasteiger partial charge on any atom is 0.364 e. The van der Waals surface area contributed by atoms with Gasteiger partial charge < -0.3 is 41.2 Å². The lowest BCUT2D eigenvalue weighted by molar-refractivity contribution is -0.138.